The van der Waals surface area contributed by atoms with Crippen LogP contribution in [-0.4, -0.2) is 68.9 Å². The van der Waals surface area contributed by atoms with Crippen molar-refractivity contribution in [3.63, 3.8) is 0 Å². The molecule has 3 N–H and O–H groups in total. The van der Waals surface area contributed by atoms with Crippen LogP contribution in [-0.2, 0) is 0 Å². The summed E-state index contributed by atoms with van der Waals surface area (Å²) in [5.41, 5.74) is 0.726. The molecule has 1 aliphatic carbocycles. The van der Waals surface area contributed by atoms with Gasteiger partial charge in [-0.2, -0.15) is 14.9 Å². The number of hydrogen-bond acceptors (Lipinski definition) is 8. The molecule has 4 heterocycles. The Kier molecular flexibility index (Phi) is 6.56. The van der Waals surface area contributed by atoms with E-state index in [9.17, 15) is 14.0 Å². The number of carbonyl (C=O) groups is 1. The fourth-order valence-electron chi connectivity index (χ4n) is 4.58. The lowest BCUT2D eigenvalue weighted by atomic mass is 10.0. The summed E-state index contributed by atoms with van der Waals surface area (Å²) >= 11 is 0. The molecule has 36 heavy (non-hydrogen) atoms. The maximum Gasteiger partial charge on any atom is 0.274 e. The molecule has 3 aromatic heterocycles. The highest BCUT2D eigenvalue weighted by Crippen LogP contribution is 2.27. The second-order valence-corrected chi connectivity index (χ2v) is 9.14. The predicted octanol–water partition coefficient (Wildman–Crippen LogP) is 2.07. The van der Waals surface area contributed by atoms with E-state index in [0.717, 1.165) is 32.5 Å². The number of carbonyl (C=O) groups excluding carboxylic acids is 1. The Bertz CT molecular complexity index is 1370. The molecule has 1 saturated carbocycles. The van der Waals surface area contributed by atoms with Crippen LogP contribution in [0.5, 0.6) is 0 Å². The lowest BCUT2D eigenvalue weighted by molar-refractivity contribution is 0.0949. The van der Waals surface area contributed by atoms with Crippen LogP contribution in [0.25, 0.3) is 5.65 Å². The molecule has 11 nitrogen and oxygen atoms in total. The number of hydrogen-bond donors (Lipinski definition) is 3. The van der Waals surface area contributed by atoms with E-state index in [0.29, 0.717) is 35.8 Å². The van der Waals surface area contributed by atoms with E-state index in [2.05, 4.69) is 37.0 Å². The molecule has 2 atom stereocenters. The van der Waals surface area contributed by atoms with Crippen molar-refractivity contribution in [1.29, 1.82) is 5.26 Å². The zero-order valence-corrected chi connectivity index (χ0v) is 19.9. The van der Waals surface area contributed by atoms with Gasteiger partial charge in [0.15, 0.2) is 5.65 Å². The van der Waals surface area contributed by atoms with Gasteiger partial charge in [0.2, 0.25) is 0 Å². The van der Waals surface area contributed by atoms with Crippen molar-refractivity contribution in [2.24, 2.45) is 0 Å². The van der Waals surface area contributed by atoms with Gasteiger partial charge in [-0.05, 0) is 25.0 Å². The Labute approximate surface area is 206 Å². The van der Waals surface area contributed by atoms with Crippen molar-refractivity contribution in [2.45, 2.75) is 43.9 Å². The van der Waals surface area contributed by atoms with Gasteiger partial charge >= 0.3 is 0 Å². The predicted molar refractivity (Wildman–Crippen MR) is 132 cm³/mol. The highest BCUT2D eigenvalue weighted by molar-refractivity contribution is 6.00. The molecule has 188 valence electrons. The third-order valence-corrected chi connectivity index (χ3v) is 6.73. The summed E-state index contributed by atoms with van der Waals surface area (Å²) < 4.78 is 16.5. The number of amides is 1. The number of nitriles is 1. The van der Waals surface area contributed by atoms with Crippen LogP contribution in [0.2, 0.25) is 0 Å². The minimum absolute atomic E-state index is 0.0766. The molecule has 12 heteroatoms. The maximum absolute atomic E-state index is 13.3. The number of pyridine rings is 1. The third-order valence-electron chi connectivity index (χ3n) is 6.73. The molecule has 2 aliphatic rings. The molecular weight excluding hydrogens is 465 g/mol. The monoisotopic (exact) mass is 493 g/mol. The van der Waals surface area contributed by atoms with Crippen molar-refractivity contribution in [3.05, 3.63) is 46.5 Å². The molecule has 5 rings (SSSR count). The minimum Gasteiger partial charge on any atom is -0.373 e. The van der Waals surface area contributed by atoms with Crippen LogP contribution >= 0.6 is 0 Å². The first-order chi connectivity index (χ1) is 17.5. The van der Waals surface area contributed by atoms with E-state index < -0.39 is 18.1 Å². The van der Waals surface area contributed by atoms with Gasteiger partial charge in [-0.3, -0.25) is 9.59 Å². The summed E-state index contributed by atoms with van der Waals surface area (Å²) in [4.78, 5) is 32.8. The molecule has 0 spiro atoms. The number of fused-ring (bicyclic) bond motifs is 1. The molecule has 1 aliphatic heterocycles. The van der Waals surface area contributed by atoms with E-state index in [1.807, 2.05) is 6.07 Å². The number of rotatable bonds is 8. The summed E-state index contributed by atoms with van der Waals surface area (Å²) in [6.07, 6.45) is 4.67. The maximum atomic E-state index is 13.3. The summed E-state index contributed by atoms with van der Waals surface area (Å²) in [6, 6.07) is 7.00. The summed E-state index contributed by atoms with van der Waals surface area (Å²) in [7, 11) is 1.72. The van der Waals surface area contributed by atoms with Gasteiger partial charge in [-0.25, -0.2) is 9.37 Å². The normalized spacial score (nSPS) is 20.1. The standard InChI is InChI=1S/C24H28FN9O2/c1-27-21-13-20(31-22-16(14-28-34(21)22)23(35)30-19-12-17(19)25)29-18-4-2-9-33(24(18)36)15-5-10-32(11-6-15)8-3-7-26/h2,4,9,13-15,17,19,27H,3,5-6,8,10-12H2,1H3,(H,29,31)(H,30,35)/t17-,19+/m0/s1. The van der Waals surface area contributed by atoms with Gasteiger partial charge in [-0.1, -0.05) is 0 Å². The first-order valence-electron chi connectivity index (χ1n) is 12.1. The molecule has 2 fully saturated rings. The van der Waals surface area contributed by atoms with Gasteiger partial charge in [0.05, 0.1) is 18.3 Å². The van der Waals surface area contributed by atoms with Crippen LogP contribution in [0.4, 0.5) is 21.7 Å². The van der Waals surface area contributed by atoms with Crippen molar-refractivity contribution >= 4 is 28.9 Å². The first kappa shape index (κ1) is 23.7. The van der Waals surface area contributed by atoms with E-state index in [4.69, 9.17) is 5.26 Å². The number of nitrogens with zero attached hydrogens (tertiary/aromatic N) is 6. The smallest absolute Gasteiger partial charge is 0.274 e. The second kappa shape index (κ2) is 9.94. The fourth-order valence-corrected chi connectivity index (χ4v) is 4.58. The number of alkyl halides is 1. The number of anilines is 3. The van der Waals surface area contributed by atoms with Crippen LogP contribution in [0.1, 0.15) is 42.1 Å². The highest BCUT2D eigenvalue weighted by atomic mass is 19.1. The Hall–Kier alpha value is -3.98. The van der Waals surface area contributed by atoms with Crippen LogP contribution < -0.4 is 21.5 Å². The molecule has 3 aromatic rings. The zero-order valence-electron chi connectivity index (χ0n) is 19.9. The SMILES string of the molecule is CNc1cc(Nc2cccn(C3CCN(CCC#N)CC3)c2=O)nc2c(C(=O)N[C@@H]3C[C@@H]3F)cnn12. The number of halogens is 1. The van der Waals surface area contributed by atoms with E-state index in [1.165, 1.54) is 10.7 Å². The molecule has 0 aromatic carbocycles. The largest absolute Gasteiger partial charge is 0.373 e. The van der Waals surface area contributed by atoms with Crippen molar-refractivity contribution < 1.29 is 9.18 Å². The summed E-state index contributed by atoms with van der Waals surface area (Å²) in [5.74, 6) is 0.500. The number of aromatic nitrogens is 4. The zero-order chi connectivity index (χ0) is 25.2. The first-order valence-corrected chi connectivity index (χ1v) is 12.1. The summed E-state index contributed by atoms with van der Waals surface area (Å²) in [6.45, 7) is 2.44. The summed E-state index contributed by atoms with van der Waals surface area (Å²) in [5, 5.41) is 21.8. The Morgan fingerprint density at radius 3 is 2.81 bits per heavy atom. The lowest BCUT2D eigenvalue weighted by Gasteiger charge is -2.32. The fraction of sp³-hybridized carbons (Fsp3) is 0.458. The Morgan fingerprint density at radius 2 is 2.11 bits per heavy atom. The molecule has 0 bridgehead atoms. The van der Waals surface area contributed by atoms with Gasteiger partial charge in [0.1, 0.15) is 29.1 Å². The average molecular weight is 494 g/mol. The minimum atomic E-state index is -1.01. The Morgan fingerprint density at radius 1 is 1.33 bits per heavy atom. The quantitative estimate of drug-likeness (QED) is 0.435. The molecule has 0 unspecified atom stereocenters. The van der Waals surface area contributed by atoms with Crippen LogP contribution in [0.3, 0.4) is 0 Å². The van der Waals surface area contributed by atoms with E-state index >= 15 is 0 Å². The third kappa shape index (κ3) is 4.74. The lowest BCUT2D eigenvalue weighted by Crippen LogP contribution is -2.38. The van der Waals surface area contributed by atoms with Gasteiger partial charge in [-0.15, -0.1) is 0 Å². The van der Waals surface area contributed by atoms with Gasteiger partial charge < -0.3 is 25.4 Å². The number of piperidine rings is 1. The Balaban J connectivity index is 1.38. The average Bonchev–Trinajstić information content (AvgIpc) is 3.40. The molecule has 1 saturated heterocycles. The molecular formula is C24H28FN9O2. The van der Waals surface area contributed by atoms with E-state index in [-0.39, 0.29) is 17.2 Å². The van der Waals surface area contributed by atoms with Crippen molar-refractivity contribution in [2.75, 3.05) is 37.3 Å². The van der Waals surface area contributed by atoms with Crippen LogP contribution in [0.15, 0.2) is 35.4 Å². The molecule has 0 radical (unpaired) electrons. The highest BCUT2D eigenvalue weighted by Gasteiger charge is 2.39. The van der Waals surface area contributed by atoms with Gasteiger partial charge in [0, 0.05) is 57.8 Å². The van der Waals surface area contributed by atoms with Crippen molar-refractivity contribution in [3.8, 4) is 6.07 Å². The number of likely N-dealkylation sites (tertiary alicyclic amines) is 1. The number of nitrogens with one attached hydrogen (secondary N) is 3. The second-order valence-electron chi connectivity index (χ2n) is 9.14. The van der Waals surface area contributed by atoms with Gasteiger partial charge in [0.25, 0.3) is 11.5 Å². The van der Waals surface area contributed by atoms with Crippen LogP contribution in [0, 0.1) is 11.3 Å². The van der Waals surface area contributed by atoms with E-state index in [1.54, 1.807) is 29.9 Å². The van der Waals surface area contributed by atoms with Crippen molar-refractivity contribution in [1.82, 2.24) is 29.4 Å². The molecule has 1 amide bonds. The topological polar surface area (TPSA) is 132 Å².